The summed E-state index contributed by atoms with van der Waals surface area (Å²) in [5.41, 5.74) is 3.56. The van der Waals surface area contributed by atoms with Gasteiger partial charge < -0.3 is 25.2 Å². The third-order valence-electron chi connectivity index (χ3n) is 13.5. The number of nitrogens with zero attached hydrogens (tertiary/aromatic N) is 11. The highest BCUT2D eigenvalue weighted by atomic mass is 19.3. The van der Waals surface area contributed by atoms with Crippen LogP contribution < -0.4 is 15.5 Å². The molecular formula is C45H53F2N13O4. The van der Waals surface area contributed by atoms with Gasteiger partial charge in [-0.05, 0) is 94.5 Å². The molecule has 17 nitrogen and oxygen atoms in total. The van der Waals surface area contributed by atoms with Crippen LogP contribution in [-0.4, -0.2) is 119 Å². The number of piperidine rings is 2. The molecule has 6 aromatic rings. The third kappa shape index (κ3) is 8.37. The molecule has 2 N–H and O–H groups in total. The van der Waals surface area contributed by atoms with Crippen LogP contribution in [0.25, 0.3) is 27.7 Å². The molecule has 1 aromatic carbocycles. The Kier molecular flexibility index (Phi) is 11.7. The van der Waals surface area contributed by atoms with E-state index in [-0.39, 0.29) is 29.0 Å². The number of benzene rings is 1. The topological polar surface area (TPSA) is 175 Å². The zero-order chi connectivity index (χ0) is 43.9. The van der Waals surface area contributed by atoms with Crippen LogP contribution in [0.5, 0.6) is 0 Å². The molecule has 64 heavy (non-hydrogen) atoms. The second-order valence-corrected chi connectivity index (χ2v) is 17.7. The summed E-state index contributed by atoms with van der Waals surface area (Å²) < 4.78 is 41.0. The van der Waals surface area contributed by atoms with Gasteiger partial charge in [-0.15, -0.1) is 0 Å². The molecule has 1 atom stereocenters. The molecule has 10 rings (SSSR count). The van der Waals surface area contributed by atoms with E-state index in [9.17, 15) is 23.2 Å². The van der Waals surface area contributed by atoms with Gasteiger partial charge in [0.2, 0.25) is 0 Å². The van der Waals surface area contributed by atoms with Gasteiger partial charge in [0.15, 0.2) is 23.2 Å². The number of rotatable bonds is 11. The first-order valence-corrected chi connectivity index (χ1v) is 22.6. The van der Waals surface area contributed by atoms with Gasteiger partial charge in [-0.1, -0.05) is 12.1 Å². The van der Waals surface area contributed by atoms with Gasteiger partial charge in [-0.25, -0.2) is 23.0 Å². The van der Waals surface area contributed by atoms with E-state index in [1.807, 2.05) is 42.1 Å². The molecule has 0 radical (unpaired) electrons. The lowest BCUT2D eigenvalue weighted by Gasteiger charge is -2.36. The number of aromatic nitrogens is 9. The summed E-state index contributed by atoms with van der Waals surface area (Å²) in [5.74, 6) is 0.704. The molecule has 0 bridgehead atoms. The summed E-state index contributed by atoms with van der Waals surface area (Å²) in [5, 5.41) is 24.4. The lowest BCUT2D eigenvalue weighted by atomic mass is 9.85. The van der Waals surface area contributed by atoms with E-state index in [0.29, 0.717) is 56.0 Å². The van der Waals surface area contributed by atoms with Crippen molar-refractivity contribution in [2.45, 2.75) is 83.3 Å². The number of fused-ring (bicyclic) bond motifs is 2. The predicted molar refractivity (Wildman–Crippen MR) is 233 cm³/mol. The van der Waals surface area contributed by atoms with Crippen molar-refractivity contribution >= 4 is 45.7 Å². The van der Waals surface area contributed by atoms with Gasteiger partial charge in [0.1, 0.15) is 11.4 Å². The number of hydrogen-bond acceptors (Lipinski definition) is 11. The number of carbonyl (C=O) groups excluding carboxylic acids is 3. The Bertz CT molecular complexity index is 2650. The van der Waals surface area contributed by atoms with Gasteiger partial charge >= 0.3 is 0 Å². The predicted octanol–water partition coefficient (Wildman–Crippen LogP) is 5.64. The second kappa shape index (κ2) is 17.8. The first kappa shape index (κ1) is 41.9. The van der Waals surface area contributed by atoms with Gasteiger partial charge in [-0.2, -0.15) is 20.4 Å². The zero-order valence-corrected chi connectivity index (χ0v) is 35.9. The number of Topliss-reactive ketones (excluding diaryl/α,β-unsaturated/α-hetero) is 1. The quantitative estimate of drug-likeness (QED) is 0.154. The Morgan fingerprint density at radius 3 is 2.58 bits per heavy atom. The largest absolute Gasteiger partial charge is 0.380 e. The molecule has 1 aliphatic carbocycles. The van der Waals surface area contributed by atoms with Crippen LogP contribution in [0.2, 0.25) is 0 Å². The van der Waals surface area contributed by atoms with Crippen LogP contribution in [0.1, 0.15) is 91.6 Å². The van der Waals surface area contributed by atoms with E-state index in [2.05, 4.69) is 41.9 Å². The number of aryl methyl sites for hydroxylation is 1. The fourth-order valence-electron chi connectivity index (χ4n) is 10.1. The molecule has 1 saturated carbocycles. The van der Waals surface area contributed by atoms with Gasteiger partial charge in [-0.3, -0.25) is 23.7 Å². The van der Waals surface area contributed by atoms with Crippen molar-refractivity contribution in [2.24, 2.45) is 11.8 Å². The van der Waals surface area contributed by atoms with Gasteiger partial charge in [0.05, 0.1) is 41.9 Å². The third-order valence-corrected chi connectivity index (χ3v) is 13.5. The average Bonchev–Trinajstić information content (AvgIpc) is 4.07. The van der Waals surface area contributed by atoms with Crippen molar-refractivity contribution in [1.29, 1.82) is 0 Å². The minimum atomic E-state index is -2.85. The highest BCUT2D eigenvalue weighted by molar-refractivity contribution is 6.09. The van der Waals surface area contributed by atoms with Crippen LogP contribution >= 0.6 is 0 Å². The van der Waals surface area contributed by atoms with Crippen molar-refractivity contribution < 1.29 is 27.9 Å². The Morgan fingerprint density at radius 2 is 1.77 bits per heavy atom. The van der Waals surface area contributed by atoms with E-state index in [1.165, 1.54) is 10.7 Å². The summed E-state index contributed by atoms with van der Waals surface area (Å²) in [6.07, 6.45) is 12.7. The number of nitrogens with one attached hydrogen (secondary N) is 2. The second-order valence-electron chi connectivity index (χ2n) is 17.7. The molecule has 8 heterocycles. The van der Waals surface area contributed by atoms with Gasteiger partial charge in [0.25, 0.3) is 18.2 Å². The molecule has 1 unspecified atom stereocenters. The van der Waals surface area contributed by atoms with Crippen molar-refractivity contribution in [3.05, 3.63) is 72.2 Å². The zero-order valence-electron chi connectivity index (χ0n) is 35.9. The summed E-state index contributed by atoms with van der Waals surface area (Å²) in [6.45, 7) is 8.86. The normalized spacial score (nSPS) is 21.8. The fraction of sp³-hybridized carbons (Fsp3) is 0.511. The van der Waals surface area contributed by atoms with Crippen LogP contribution in [0, 0.1) is 18.8 Å². The van der Waals surface area contributed by atoms with Crippen molar-refractivity contribution in [2.75, 3.05) is 62.7 Å². The van der Waals surface area contributed by atoms with E-state index >= 15 is 0 Å². The standard InChI is InChI=1S/C45H53F2N13O4/c1-28-39-33(4-2-5-36(39)60(53-28)41-37(61)10-14-48-45(41)63)31-22-49-57(26-31)25-30-11-16-55(17-12-30)24-29-6-8-32(9-7-29)59-27-35(40(54-59)42(46)47)51-44(62)34-23-50-58-18-13-38(52-43(34)58)56-15-3-20-64-21-19-56/h2,4-5,13,18,22-23,26-27,29-30,32,41-42H,3,6-12,14-17,19-21,24-25H2,1H3,(H,48,63)(H,51,62). The molecular weight excluding hydrogens is 825 g/mol. The van der Waals surface area contributed by atoms with E-state index in [4.69, 9.17) is 14.8 Å². The monoisotopic (exact) mass is 877 g/mol. The Hall–Kier alpha value is -6.08. The van der Waals surface area contributed by atoms with Crippen molar-refractivity contribution in [1.82, 2.24) is 54.2 Å². The first-order chi connectivity index (χ1) is 31.2. The minimum Gasteiger partial charge on any atom is -0.380 e. The molecule has 19 heteroatoms. The maximum absolute atomic E-state index is 14.3. The molecule has 3 saturated heterocycles. The van der Waals surface area contributed by atoms with Crippen LogP contribution in [0.15, 0.2) is 55.2 Å². The highest BCUT2D eigenvalue weighted by Gasteiger charge is 2.35. The average molecular weight is 878 g/mol. The lowest BCUT2D eigenvalue weighted by molar-refractivity contribution is -0.135. The summed E-state index contributed by atoms with van der Waals surface area (Å²) in [7, 11) is 0. The van der Waals surface area contributed by atoms with Crippen molar-refractivity contribution in [3.8, 4) is 11.1 Å². The molecule has 5 aromatic heterocycles. The minimum absolute atomic E-state index is 0.00117. The number of halogens is 2. The van der Waals surface area contributed by atoms with Crippen LogP contribution in [0.3, 0.4) is 0 Å². The highest BCUT2D eigenvalue weighted by Crippen LogP contribution is 2.37. The number of alkyl halides is 2. The molecule has 0 spiro atoms. The van der Waals surface area contributed by atoms with E-state index in [1.54, 1.807) is 21.8 Å². The smallest absolute Gasteiger partial charge is 0.284 e. The molecule has 4 fully saturated rings. The molecule has 4 aliphatic rings. The molecule has 3 aliphatic heterocycles. The maximum atomic E-state index is 14.3. The van der Waals surface area contributed by atoms with Crippen LogP contribution in [-0.2, 0) is 20.9 Å². The number of anilines is 2. The maximum Gasteiger partial charge on any atom is 0.284 e. The summed E-state index contributed by atoms with van der Waals surface area (Å²) >= 11 is 0. The molecule has 336 valence electrons. The number of ketones is 1. The SMILES string of the molecule is Cc1nn(C2C(=O)CCNC2=O)c2cccc(-c3cnn(CC4CCN(CC5CCC(n6cc(NC(=O)c7cnn8ccc(N9CCCOCC9)nc78)c(C(F)F)n6)CC5)CC4)c3)c12. The number of likely N-dealkylation sites (tertiary alicyclic amines) is 1. The van der Waals surface area contributed by atoms with Crippen molar-refractivity contribution in [3.63, 3.8) is 0 Å². The summed E-state index contributed by atoms with van der Waals surface area (Å²) in [6, 6.07) is 6.74. The first-order valence-electron chi connectivity index (χ1n) is 22.6. The number of hydrogen-bond donors (Lipinski definition) is 2. The van der Waals surface area contributed by atoms with Gasteiger partial charge in [0, 0.05) is 75.3 Å². The van der Waals surface area contributed by atoms with E-state index in [0.717, 1.165) is 105 Å². The Morgan fingerprint density at radius 1 is 0.938 bits per heavy atom. The number of amides is 2. The Balaban J connectivity index is 0.718. The van der Waals surface area contributed by atoms with E-state index < -0.39 is 24.1 Å². The summed E-state index contributed by atoms with van der Waals surface area (Å²) in [4.78, 5) is 48.4. The lowest BCUT2D eigenvalue weighted by Crippen LogP contribution is -2.44. The number of ether oxygens (including phenoxy) is 1. The fourth-order valence-corrected chi connectivity index (χ4v) is 10.1. The van der Waals surface area contributed by atoms with Crippen LogP contribution in [0.4, 0.5) is 20.3 Å². The Labute approximate surface area is 368 Å². The molecule has 2 amide bonds. The number of carbonyl (C=O) groups is 3.